The summed E-state index contributed by atoms with van der Waals surface area (Å²) in [4.78, 5) is 0. The van der Waals surface area contributed by atoms with Gasteiger partial charge in [-0.1, -0.05) is 32.4 Å². The van der Waals surface area contributed by atoms with Crippen LogP contribution in [0.3, 0.4) is 0 Å². The number of aromatic nitrogens is 2. The van der Waals surface area contributed by atoms with Crippen LogP contribution in [-0.4, -0.2) is 15.7 Å². The molecule has 0 spiro atoms. The van der Waals surface area contributed by atoms with Gasteiger partial charge in [0.15, 0.2) is 0 Å². The zero-order valence-electron chi connectivity index (χ0n) is 11.1. The van der Waals surface area contributed by atoms with Gasteiger partial charge >= 0.3 is 0 Å². The maximum atomic E-state index is 6.39. The van der Waals surface area contributed by atoms with E-state index >= 15 is 0 Å². The van der Waals surface area contributed by atoms with Crippen molar-refractivity contribution in [3.8, 4) is 0 Å². The first-order valence-corrected chi connectivity index (χ1v) is 7.26. The molecule has 1 aromatic rings. The van der Waals surface area contributed by atoms with Crippen LogP contribution in [-0.2, 0) is 19.4 Å². The van der Waals surface area contributed by atoms with Crippen molar-refractivity contribution in [2.45, 2.75) is 47.1 Å². The number of hydrogen-bond acceptors (Lipinski definition) is 1. The van der Waals surface area contributed by atoms with Crippen LogP contribution in [0.2, 0.25) is 5.02 Å². The minimum absolute atomic E-state index is 0.459. The van der Waals surface area contributed by atoms with Crippen molar-refractivity contribution in [3.05, 3.63) is 16.4 Å². The van der Waals surface area contributed by atoms with Gasteiger partial charge < -0.3 is 0 Å². The molecule has 0 saturated carbocycles. The molecule has 1 rings (SSSR count). The van der Waals surface area contributed by atoms with E-state index < -0.39 is 0 Å². The number of rotatable bonds is 6. The summed E-state index contributed by atoms with van der Waals surface area (Å²) in [5.74, 6) is 1.69. The van der Waals surface area contributed by atoms with Gasteiger partial charge in [0, 0.05) is 12.4 Å². The van der Waals surface area contributed by atoms with Crippen LogP contribution in [0.15, 0.2) is 0 Å². The van der Waals surface area contributed by atoms with E-state index in [1.165, 1.54) is 0 Å². The molecule has 0 radical (unpaired) electrons. The Hall–Kier alpha value is -0.210. The molecule has 0 aliphatic rings. The number of nitrogens with zero attached hydrogens (tertiary/aromatic N) is 2. The first-order valence-electron chi connectivity index (χ1n) is 6.35. The fourth-order valence-electron chi connectivity index (χ4n) is 1.93. The molecule has 17 heavy (non-hydrogen) atoms. The Morgan fingerprint density at radius 1 is 1.29 bits per heavy atom. The second kappa shape index (κ2) is 6.65. The molecular weight excluding hydrogens is 255 g/mol. The first kappa shape index (κ1) is 14.8. The van der Waals surface area contributed by atoms with Gasteiger partial charge in [0.05, 0.1) is 16.4 Å². The molecular formula is C13H22Cl2N2. The zero-order valence-corrected chi connectivity index (χ0v) is 12.6. The largest absolute Gasteiger partial charge is 0.268 e. The third-order valence-corrected chi connectivity index (χ3v) is 4.12. The fourth-order valence-corrected chi connectivity index (χ4v) is 2.74. The highest BCUT2D eigenvalue weighted by atomic mass is 35.5. The van der Waals surface area contributed by atoms with E-state index in [1.807, 2.05) is 4.68 Å². The van der Waals surface area contributed by atoms with Crippen molar-refractivity contribution < 1.29 is 0 Å². The van der Waals surface area contributed by atoms with Gasteiger partial charge in [-0.2, -0.15) is 5.10 Å². The topological polar surface area (TPSA) is 17.8 Å². The van der Waals surface area contributed by atoms with Crippen LogP contribution in [0.25, 0.3) is 0 Å². The molecule has 0 N–H and O–H groups in total. The van der Waals surface area contributed by atoms with Gasteiger partial charge in [-0.3, -0.25) is 4.68 Å². The van der Waals surface area contributed by atoms with Crippen molar-refractivity contribution in [1.82, 2.24) is 9.78 Å². The summed E-state index contributed by atoms with van der Waals surface area (Å²) in [6.07, 6.45) is 1.80. The van der Waals surface area contributed by atoms with Crippen LogP contribution in [0.4, 0.5) is 0 Å². The lowest BCUT2D eigenvalue weighted by atomic mass is 9.93. The van der Waals surface area contributed by atoms with Crippen molar-refractivity contribution in [2.75, 3.05) is 5.88 Å². The Kier molecular flexibility index (Phi) is 5.81. The van der Waals surface area contributed by atoms with Gasteiger partial charge in [-0.25, -0.2) is 0 Å². The van der Waals surface area contributed by atoms with Crippen LogP contribution in [0.1, 0.15) is 39.1 Å². The summed E-state index contributed by atoms with van der Waals surface area (Å²) in [5.41, 5.74) is 2.14. The Morgan fingerprint density at radius 3 is 2.35 bits per heavy atom. The second-order valence-corrected chi connectivity index (χ2v) is 5.43. The van der Waals surface area contributed by atoms with Gasteiger partial charge in [0.25, 0.3) is 0 Å². The molecule has 1 aromatic heterocycles. The minimum Gasteiger partial charge on any atom is -0.268 e. The summed E-state index contributed by atoms with van der Waals surface area (Å²) < 4.78 is 2.02. The number of aryl methyl sites for hydroxylation is 2. The molecule has 0 saturated heterocycles. The molecule has 1 heterocycles. The predicted molar refractivity (Wildman–Crippen MR) is 75.0 cm³/mol. The molecule has 2 nitrogen and oxygen atoms in total. The smallest absolute Gasteiger partial charge is 0.0849 e. The van der Waals surface area contributed by atoms with Crippen molar-refractivity contribution >= 4 is 23.2 Å². The molecule has 4 heteroatoms. The predicted octanol–water partition coefficient (Wildman–Crippen LogP) is 4.17. The Morgan fingerprint density at radius 2 is 1.94 bits per heavy atom. The van der Waals surface area contributed by atoms with Crippen LogP contribution in [0.5, 0.6) is 0 Å². The van der Waals surface area contributed by atoms with E-state index in [-0.39, 0.29) is 0 Å². The van der Waals surface area contributed by atoms with Crippen LogP contribution in [0, 0.1) is 11.8 Å². The number of hydrogen-bond donors (Lipinski definition) is 0. The molecule has 0 aliphatic heterocycles. The average Bonchev–Trinajstić information content (AvgIpc) is 2.62. The minimum atomic E-state index is 0.459. The molecule has 1 unspecified atom stereocenters. The zero-order chi connectivity index (χ0) is 13.0. The lowest BCUT2D eigenvalue weighted by molar-refractivity contribution is 0.408. The summed E-state index contributed by atoms with van der Waals surface area (Å²) >= 11 is 12.4. The highest BCUT2D eigenvalue weighted by Gasteiger charge is 2.20. The fraction of sp³-hybridized carbons (Fsp3) is 0.769. The molecule has 1 atom stereocenters. The summed E-state index contributed by atoms with van der Waals surface area (Å²) in [6, 6.07) is 0. The molecule has 0 fully saturated rings. The summed E-state index contributed by atoms with van der Waals surface area (Å²) in [6.45, 7) is 9.45. The maximum absolute atomic E-state index is 6.39. The maximum Gasteiger partial charge on any atom is 0.0849 e. The van der Waals surface area contributed by atoms with E-state index in [4.69, 9.17) is 23.2 Å². The van der Waals surface area contributed by atoms with E-state index in [2.05, 4.69) is 32.8 Å². The lowest BCUT2D eigenvalue weighted by Gasteiger charge is -2.18. The second-order valence-electron chi connectivity index (χ2n) is 4.74. The Bertz CT molecular complexity index is 359. The summed E-state index contributed by atoms with van der Waals surface area (Å²) in [7, 11) is 0. The third kappa shape index (κ3) is 3.38. The number of alkyl halides is 1. The Balaban J connectivity index is 2.99. The molecule has 0 amide bonds. The summed E-state index contributed by atoms with van der Waals surface area (Å²) in [5, 5.41) is 5.37. The van der Waals surface area contributed by atoms with Crippen LogP contribution >= 0.6 is 23.2 Å². The quantitative estimate of drug-likeness (QED) is 0.713. The van der Waals surface area contributed by atoms with E-state index in [0.717, 1.165) is 35.8 Å². The highest BCUT2D eigenvalue weighted by Crippen LogP contribution is 2.27. The SMILES string of the molecule is CCc1nn(CC)c(CC(CCl)C(C)C)c1Cl. The molecule has 0 bridgehead atoms. The van der Waals surface area contributed by atoms with Gasteiger partial charge in [-0.15, -0.1) is 11.6 Å². The normalized spacial score (nSPS) is 13.4. The Labute approximate surface area is 114 Å². The average molecular weight is 277 g/mol. The van der Waals surface area contributed by atoms with Crippen molar-refractivity contribution in [2.24, 2.45) is 11.8 Å². The van der Waals surface area contributed by atoms with Gasteiger partial charge in [0.1, 0.15) is 0 Å². The van der Waals surface area contributed by atoms with E-state index in [9.17, 15) is 0 Å². The van der Waals surface area contributed by atoms with Crippen molar-refractivity contribution in [3.63, 3.8) is 0 Å². The first-order chi connectivity index (χ1) is 8.04. The van der Waals surface area contributed by atoms with E-state index in [0.29, 0.717) is 17.7 Å². The van der Waals surface area contributed by atoms with Crippen molar-refractivity contribution in [1.29, 1.82) is 0 Å². The number of halogens is 2. The molecule has 0 aromatic carbocycles. The van der Waals surface area contributed by atoms with E-state index in [1.54, 1.807) is 0 Å². The monoisotopic (exact) mass is 276 g/mol. The third-order valence-electron chi connectivity index (χ3n) is 3.29. The van der Waals surface area contributed by atoms with Crippen LogP contribution < -0.4 is 0 Å². The standard InChI is InChI=1S/C13H22Cl2N2/c1-5-11-13(15)12(17(6-2)16-11)7-10(8-14)9(3)4/h9-10H,5-8H2,1-4H3. The molecule has 98 valence electrons. The van der Waals surface area contributed by atoms with Gasteiger partial charge in [0.2, 0.25) is 0 Å². The highest BCUT2D eigenvalue weighted by molar-refractivity contribution is 6.31. The van der Waals surface area contributed by atoms with Gasteiger partial charge in [-0.05, 0) is 31.6 Å². The molecule has 0 aliphatic carbocycles. The lowest BCUT2D eigenvalue weighted by Crippen LogP contribution is -2.16.